The number of likely N-dealkylation sites (N-methyl/N-ethyl adjacent to an activating group) is 1. The molecule has 1 aliphatic rings. The van der Waals surface area contributed by atoms with Gasteiger partial charge in [-0.2, -0.15) is 0 Å². The van der Waals surface area contributed by atoms with Crippen molar-refractivity contribution in [1.29, 1.82) is 0 Å². The van der Waals surface area contributed by atoms with Gasteiger partial charge in [-0.05, 0) is 50.0 Å². The Hall–Kier alpha value is -0.770. The third kappa shape index (κ3) is 4.15. The maximum Gasteiger partial charge on any atom is 0.253 e. The molecule has 1 saturated heterocycles. The summed E-state index contributed by atoms with van der Waals surface area (Å²) in [7, 11) is 1.88. The maximum atomic E-state index is 12.7. The lowest BCUT2D eigenvalue weighted by atomic mass is 10.0. The molecule has 22 heavy (non-hydrogen) atoms. The molecule has 2 rings (SSSR count). The minimum Gasteiger partial charge on any atom is -0.337 e. The molecular weight excluding hydrogens is 319 g/mol. The highest BCUT2D eigenvalue weighted by Crippen LogP contribution is 2.24. The van der Waals surface area contributed by atoms with E-state index in [1.54, 1.807) is 18.2 Å². The quantitative estimate of drug-likeness (QED) is 0.801. The third-order valence-electron chi connectivity index (χ3n) is 4.40. The van der Waals surface area contributed by atoms with Gasteiger partial charge in [0.1, 0.15) is 0 Å². The molecule has 1 heterocycles. The molecule has 1 unspecified atom stereocenters. The molecule has 0 bridgehead atoms. The number of carbonyl (C=O) groups is 1. The van der Waals surface area contributed by atoms with Gasteiger partial charge in [-0.15, -0.1) is 0 Å². The van der Waals surface area contributed by atoms with Crippen LogP contribution in [0.5, 0.6) is 0 Å². The Morgan fingerprint density at radius 3 is 2.41 bits per heavy atom. The number of likely N-dealkylation sites (tertiary alicyclic amines) is 1. The molecule has 0 spiro atoms. The second kappa shape index (κ2) is 7.67. The number of hydrogen-bond donors (Lipinski definition) is 0. The smallest absolute Gasteiger partial charge is 0.253 e. The Balaban J connectivity index is 2.12. The number of halogens is 2. The number of benzene rings is 1. The van der Waals surface area contributed by atoms with E-state index < -0.39 is 0 Å². The first-order chi connectivity index (χ1) is 10.4. The number of amides is 1. The predicted molar refractivity (Wildman–Crippen MR) is 92.9 cm³/mol. The fourth-order valence-corrected chi connectivity index (χ4v) is 3.29. The second-order valence-electron chi connectivity index (χ2n) is 6.36. The Bertz CT molecular complexity index is 527. The van der Waals surface area contributed by atoms with E-state index in [4.69, 9.17) is 23.2 Å². The Morgan fingerprint density at radius 2 is 1.86 bits per heavy atom. The van der Waals surface area contributed by atoms with Crippen LogP contribution in [0.4, 0.5) is 0 Å². The van der Waals surface area contributed by atoms with E-state index in [2.05, 4.69) is 18.7 Å². The monoisotopic (exact) mass is 342 g/mol. The highest BCUT2D eigenvalue weighted by Gasteiger charge is 2.27. The van der Waals surface area contributed by atoms with Gasteiger partial charge in [0, 0.05) is 25.2 Å². The van der Waals surface area contributed by atoms with Gasteiger partial charge in [-0.1, -0.05) is 37.0 Å². The van der Waals surface area contributed by atoms with Crippen molar-refractivity contribution >= 4 is 29.1 Å². The average Bonchev–Trinajstić information content (AvgIpc) is 2.99. The van der Waals surface area contributed by atoms with Gasteiger partial charge in [0.15, 0.2) is 0 Å². The number of nitrogens with zero attached hydrogens (tertiary/aromatic N) is 2. The van der Waals surface area contributed by atoms with Crippen LogP contribution in [0.1, 0.15) is 37.0 Å². The lowest BCUT2D eigenvalue weighted by molar-refractivity contribution is 0.0641. The molecule has 1 aromatic carbocycles. The highest BCUT2D eigenvalue weighted by molar-refractivity contribution is 6.42. The first kappa shape index (κ1) is 17.6. The molecule has 1 aromatic rings. The van der Waals surface area contributed by atoms with Crippen LogP contribution < -0.4 is 0 Å². The second-order valence-corrected chi connectivity index (χ2v) is 7.18. The zero-order valence-electron chi connectivity index (χ0n) is 13.5. The molecule has 0 aliphatic carbocycles. The molecule has 5 heteroatoms. The highest BCUT2D eigenvalue weighted by atomic mass is 35.5. The third-order valence-corrected chi connectivity index (χ3v) is 5.14. The maximum absolute atomic E-state index is 12.7. The molecule has 122 valence electrons. The molecule has 1 fully saturated rings. The number of carbonyl (C=O) groups excluding carboxylic acids is 1. The van der Waals surface area contributed by atoms with E-state index >= 15 is 0 Å². The normalized spacial score (nSPS) is 17.0. The van der Waals surface area contributed by atoms with Crippen LogP contribution >= 0.6 is 23.2 Å². The van der Waals surface area contributed by atoms with Crippen LogP contribution in [0.25, 0.3) is 0 Å². The standard InChI is InChI=1S/C17H24Cl2N2O/c1-12(2)16(11-21-8-4-5-9-21)20(3)17(22)13-6-7-14(18)15(19)10-13/h6-7,10,12,16H,4-5,8-9,11H2,1-3H3. The lowest BCUT2D eigenvalue weighted by Gasteiger charge is -2.34. The SMILES string of the molecule is CC(C)C(CN1CCCC1)N(C)C(=O)c1ccc(Cl)c(Cl)c1. The van der Waals surface area contributed by atoms with Crippen molar-refractivity contribution in [3.05, 3.63) is 33.8 Å². The molecular formula is C17H24Cl2N2O. The van der Waals surface area contributed by atoms with Crippen molar-refractivity contribution in [2.75, 3.05) is 26.7 Å². The Kier molecular flexibility index (Phi) is 6.13. The van der Waals surface area contributed by atoms with E-state index in [-0.39, 0.29) is 11.9 Å². The molecule has 3 nitrogen and oxygen atoms in total. The minimum absolute atomic E-state index is 0.00327. The number of hydrogen-bond acceptors (Lipinski definition) is 2. The van der Waals surface area contributed by atoms with Crippen LogP contribution in [0.15, 0.2) is 18.2 Å². The van der Waals surface area contributed by atoms with Gasteiger partial charge in [0.25, 0.3) is 5.91 Å². The first-order valence-electron chi connectivity index (χ1n) is 7.84. The molecule has 1 aliphatic heterocycles. The largest absolute Gasteiger partial charge is 0.337 e. The topological polar surface area (TPSA) is 23.6 Å². The molecule has 1 atom stereocenters. The molecule has 0 aromatic heterocycles. The zero-order chi connectivity index (χ0) is 16.3. The summed E-state index contributed by atoms with van der Waals surface area (Å²) in [6, 6.07) is 5.26. The van der Waals surface area contributed by atoms with Gasteiger partial charge in [-0.25, -0.2) is 0 Å². The zero-order valence-corrected chi connectivity index (χ0v) is 15.0. The van der Waals surface area contributed by atoms with Crippen LogP contribution in [0, 0.1) is 5.92 Å². The van der Waals surface area contributed by atoms with E-state index in [1.807, 2.05) is 11.9 Å². The van der Waals surface area contributed by atoms with Crippen LogP contribution in [-0.2, 0) is 0 Å². The lowest BCUT2D eigenvalue weighted by Crippen LogP contribution is -2.47. The summed E-state index contributed by atoms with van der Waals surface area (Å²) in [6.45, 7) is 7.54. The molecule has 0 saturated carbocycles. The van der Waals surface area contributed by atoms with Crippen molar-refractivity contribution < 1.29 is 4.79 Å². The van der Waals surface area contributed by atoms with Crippen LogP contribution in [-0.4, -0.2) is 48.4 Å². The summed E-state index contributed by atoms with van der Waals surface area (Å²) in [6.07, 6.45) is 2.52. The average molecular weight is 343 g/mol. The van der Waals surface area contributed by atoms with Crippen LogP contribution in [0.3, 0.4) is 0 Å². The summed E-state index contributed by atoms with van der Waals surface area (Å²) >= 11 is 12.0. The van der Waals surface area contributed by atoms with Crippen molar-refractivity contribution in [2.24, 2.45) is 5.92 Å². The summed E-state index contributed by atoms with van der Waals surface area (Å²) in [5.41, 5.74) is 0.587. The van der Waals surface area contributed by atoms with E-state index in [0.717, 1.165) is 19.6 Å². The van der Waals surface area contributed by atoms with Gasteiger partial charge in [0.05, 0.1) is 10.0 Å². The van der Waals surface area contributed by atoms with Gasteiger partial charge in [0.2, 0.25) is 0 Å². The van der Waals surface area contributed by atoms with Crippen LogP contribution in [0.2, 0.25) is 10.0 Å². The Labute approximate surface area is 143 Å². The Morgan fingerprint density at radius 1 is 1.23 bits per heavy atom. The van der Waals surface area contributed by atoms with Gasteiger partial charge in [-0.3, -0.25) is 4.79 Å². The van der Waals surface area contributed by atoms with Crippen molar-refractivity contribution in [3.63, 3.8) is 0 Å². The van der Waals surface area contributed by atoms with Crippen molar-refractivity contribution in [1.82, 2.24) is 9.80 Å². The van der Waals surface area contributed by atoms with Gasteiger partial charge >= 0.3 is 0 Å². The predicted octanol–water partition coefficient (Wildman–Crippen LogP) is 4.19. The van der Waals surface area contributed by atoms with E-state index in [0.29, 0.717) is 21.5 Å². The summed E-state index contributed by atoms with van der Waals surface area (Å²) in [5, 5.41) is 0.889. The summed E-state index contributed by atoms with van der Waals surface area (Å²) in [5.74, 6) is 0.397. The summed E-state index contributed by atoms with van der Waals surface area (Å²) < 4.78 is 0. The van der Waals surface area contributed by atoms with E-state index in [9.17, 15) is 4.79 Å². The van der Waals surface area contributed by atoms with Crippen molar-refractivity contribution in [2.45, 2.75) is 32.7 Å². The first-order valence-corrected chi connectivity index (χ1v) is 8.60. The molecule has 1 amide bonds. The minimum atomic E-state index is -0.00327. The number of rotatable bonds is 5. The molecule has 0 N–H and O–H groups in total. The summed E-state index contributed by atoms with van der Waals surface area (Å²) in [4.78, 5) is 17.0. The molecule has 0 radical (unpaired) electrons. The van der Waals surface area contributed by atoms with E-state index in [1.165, 1.54) is 12.8 Å². The fraction of sp³-hybridized carbons (Fsp3) is 0.588. The van der Waals surface area contributed by atoms with Crippen molar-refractivity contribution in [3.8, 4) is 0 Å². The fourth-order valence-electron chi connectivity index (χ4n) is 2.99. The van der Waals surface area contributed by atoms with Gasteiger partial charge < -0.3 is 9.80 Å².